The third kappa shape index (κ3) is 5.77. The molecule has 0 radical (unpaired) electrons. The molecular weight excluding hydrogens is 438 g/mol. The minimum Gasteiger partial charge on any atom is -0.303 e. The summed E-state index contributed by atoms with van der Waals surface area (Å²) in [5, 5.41) is 15.4. The number of hydrazone groups is 1. The highest BCUT2D eigenvalue weighted by molar-refractivity contribution is 5.99. The lowest BCUT2D eigenvalue weighted by molar-refractivity contribution is -0.384. The van der Waals surface area contributed by atoms with Gasteiger partial charge in [0.15, 0.2) is 11.2 Å². The van der Waals surface area contributed by atoms with E-state index in [0.717, 1.165) is 19.3 Å². The summed E-state index contributed by atoms with van der Waals surface area (Å²) in [4.78, 5) is 42.1. The van der Waals surface area contributed by atoms with Gasteiger partial charge in [0.05, 0.1) is 10.6 Å². The Balaban J connectivity index is 1.87. The molecule has 3 rings (SSSR count). The van der Waals surface area contributed by atoms with E-state index in [1.165, 1.54) is 42.4 Å². The van der Waals surface area contributed by atoms with Gasteiger partial charge in [0.2, 0.25) is 5.95 Å². The lowest BCUT2D eigenvalue weighted by Crippen LogP contribution is -2.29. The molecule has 34 heavy (non-hydrogen) atoms. The normalized spacial score (nSPS) is 11.8. The van der Waals surface area contributed by atoms with Crippen molar-refractivity contribution in [2.75, 3.05) is 5.43 Å². The zero-order valence-corrected chi connectivity index (χ0v) is 19.8. The van der Waals surface area contributed by atoms with Gasteiger partial charge in [0.25, 0.3) is 11.2 Å². The van der Waals surface area contributed by atoms with Gasteiger partial charge in [-0.15, -0.1) is 0 Å². The Labute approximate surface area is 196 Å². The predicted octanol–water partition coefficient (Wildman–Crippen LogP) is 3.92. The molecule has 2 N–H and O–H groups in total. The van der Waals surface area contributed by atoms with Crippen molar-refractivity contribution in [3.8, 4) is 0 Å². The molecule has 0 unspecified atom stereocenters. The van der Waals surface area contributed by atoms with E-state index >= 15 is 0 Å². The number of fused-ring (bicyclic) bond motifs is 1. The van der Waals surface area contributed by atoms with Crippen LogP contribution in [0.1, 0.15) is 64.4 Å². The summed E-state index contributed by atoms with van der Waals surface area (Å²) in [6.07, 6.45) is 7.84. The molecular formula is C23H31N7O4. The molecule has 11 heteroatoms. The monoisotopic (exact) mass is 469 g/mol. The Hall–Kier alpha value is -3.76. The van der Waals surface area contributed by atoms with Crippen LogP contribution < -0.4 is 16.7 Å². The maximum atomic E-state index is 12.6. The number of nitrogens with one attached hydrogen (secondary N) is 2. The Morgan fingerprint density at radius 1 is 1.18 bits per heavy atom. The molecule has 0 saturated carbocycles. The van der Waals surface area contributed by atoms with Crippen LogP contribution >= 0.6 is 0 Å². The molecule has 182 valence electrons. The van der Waals surface area contributed by atoms with Crippen LogP contribution in [0.25, 0.3) is 11.2 Å². The topological polar surface area (TPSA) is 140 Å². The fourth-order valence-electron chi connectivity index (χ4n) is 3.81. The van der Waals surface area contributed by atoms with Crippen molar-refractivity contribution in [1.29, 1.82) is 0 Å². The molecule has 1 aromatic carbocycles. The minimum absolute atomic E-state index is 0.0280. The number of anilines is 1. The summed E-state index contributed by atoms with van der Waals surface area (Å²) in [6.45, 7) is 4.45. The van der Waals surface area contributed by atoms with Gasteiger partial charge in [0, 0.05) is 31.3 Å². The number of aromatic amines is 1. The van der Waals surface area contributed by atoms with Crippen molar-refractivity contribution < 1.29 is 4.92 Å². The molecule has 0 fully saturated rings. The molecule has 0 atom stereocenters. The van der Waals surface area contributed by atoms with Crippen LogP contribution in [0.5, 0.6) is 0 Å². The molecule has 2 heterocycles. The Morgan fingerprint density at radius 3 is 2.59 bits per heavy atom. The Morgan fingerprint density at radius 2 is 1.88 bits per heavy atom. The number of hydrogen-bond acceptors (Lipinski definition) is 7. The van der Waals surface area contributed by atoms with Crippen molar-refractivity contribution in [2.45, 2.75) is 65.3 Å². The number of nitrogens with zero attached hydrogens (tertiary/aromatic N) is 5. The molecule has 0 aliphatic rings. The molecule has 0 bridgehead atoms. The van der Waals surface area contributed by atoms with E-state index in [9.17, 15) is 19.7 Å². The number of benzene rings is 1. The van der Waals surface area contributed by atoms with Crippen LogP contribution in [0.2, 0.25) is 0 Å². The Kier molecular flexibility index (Phi) is 8.34. The molecule has 0 spiro atoms. The first-order valence-electron chi connectivity index (χ1n) is 11.6. The van der Waals surface area contributed by atoms with Gasteiger partial charge < -0.3 is 4.57 Å². The van der Waals surface area contributed by atoms with Crippen LogP contribution in [0, 0.1) is 10.1 Å². The van der Waals surface area contributed by atoms with Gasteiger partial charge in [-0.25, -0.2) is 10.2 Å². The van der Waals surface area contributed by atoms with Gasteiger partial charge >= 0.3 is 5.69 Å². The zero-order chi connectivity index (χ0) is 24.7. The van der Waals surface area contributed by atoms with E-state index in [-0.39, 0.29) is 11.3 Å². The number of nitro benzene ring substituents is 1. The predicted molar refractivity (Wildman–Crippen MR) is 133 cm³/mol. The number of H-pyrrole nitrogens is 1. The van der Waals surface area contributed by atoms with Crippen molar-refractivity contribution in [2.24, 2.45) is 12.1 Å². The summed E-state index contributed by atoms with van der Waals surface area (Å²) in [5.74, 6) is 0.331. The van der Waals surface area contributed by atoms with Gasteiger partial charge in [-0.1, -0.05) is 57.6 Å². The molecule has 11 nitrogen and oxygen atoms in total. The van der Waals surface area contributed by atoms with Gasteiger partial charge in [-0.2, -0.15) is 10.1 Å². The summed E-state index contributed by atoms with van der Waals surface area (Å²) < 4.78 is 3.03. The number of unbranched alkanes of at least 4 members (excludes halogenated alkanes) is 6. The highest BCUT2D eigenvalue weighted by Gasteiger charge is 2.17. The van der Waals surface area contributed by atoms with E-state index in [1.54, 1.807) is 30.7 Å². The van der Waals surface area contributed by atoms with Crippen molar-refractivity contribution in [1.82, 2.24) is 19.1 Å². The van der Waals surface area contributed by atoms with E-state index in [1.807, 2.05) is 0 Å². The van der Waals surface area contributed by atoms with Crippen molar-refractivity contribution in [3.05, 3.63) is 60.8 Å². The second kappa shape index (κ2) is 11.4. The van der Waals surface area contributed by atoms with Crippen molar-refractivity contribution in [3.63, 3.8) is 0 Å². The molecule has 0 aliphatic heterocycles. The Bertz CT molecular complexity index is 1300. The van der Waals surface area contributed by atoms with Crippen LogP contribution in [-0.2, 0) is 13.6 Å². The van der Waals surface area contributed by atoms with Crippen LogP contribution in [0.15, 0.2) is 39.0 Å². The second-order valence-corrected chi connectivity index (χ2v) is 8.32. The number of aromatic nitrogens is 4. The lowest BCUT2D eigenvalue weighted by Gasteiger charge is -2.09. The SMILES string of the molecule is CCCCCCCCCn1c(N/N=C(/C)c2cccc([N+](=O)[O-])c2)nc2c1c(=O)[nH]c(=O)n2C. The number of rotatable bonds is 12. The van der Waals surface area contributed by atoms with Crippen LogP contribution in [-0.4, -0.2) is 29.7 Å². The second-order valence-electron chi connectivity index (χ2n) is 8.32. The maximum absolute atomic E-state index is 12.6. The number of nitro groups is 1. The van der Waals surface area contributed by atoms with Gasteiger partial charge in [-0.05, 0) is 13.3 Å². The quantitative estimate of drug-likeness (QED) is 0.178. The highest BCUT2D eigenvalue weighted by Crippen LogP contribution is 2.19. The van der Waals surface area contributed by atoms with Crippen LogP contribution in [0.4, 0.5) is 11.6 Å². The maximum Gasteiger partial charge on any atom is 0.329 e. The first kappa shape index (κ1) is 24.9. The third-order valence-corrected chi connectivity index (χ3v) is 5.79. The van der Waals surface area contributed by atoms with E-state index in [0.29, 0.717) is 29.3 Å². The standard InChI is InChI=1S/C23H31N7O4/c1-4-5-6-7-8-9-10-14-29-19-20(28(3)23(32)25-21(19)31)24-22(29)27-26-16(2)17-12-11-13-18(15-17)30(33)34/h11-13,15H,4-10,14H2,1-3H3,(H,24,27)(H,25,31,32)/b26-16-. The summed E-state index contributed by atoms with van der Waals surface area (Å²) in [7, 11) is 1.55. The summed E-state index contributed by atoms with van der Waals surface area (Å²) in [5.41, 5.74) is 3.50. The average Bonchev–Trinajstić information content (AvgIpc) is 3.19. The summed E-state index contributed by atoms with van der Waals surface area (Å²) >= 11 is 0. The van der Waals surface area contributed by atoms with Crippen molar-refractivity contribution >= 4 is 28.5 Å². The third-order valence-electron chi connectivity index (χ3n) is 5.79. The first-order valence-corrected chi connectivity index (χ1v) is 11.6. The number of non-ortho nitro benzene ring substituents is 1. The molecule has 0 aliphatic carbocycles. The van der Waals surface area contributed by atoms with Gasteiger partial charge in [0.1, 0.15) is 0 Å². The number of imidazole rings is 1. The van der Waals surface area contributed by atoms with Gasteiger partial charge in [-0.3, -0.25) is 24.5 Å². The zero-order valence-electron chi connectivity index (χ0n) is 19.8. The molecule has 3 aromatic rings. The average molecular weight is 470 g/mol. The number of aryl methyl sites for hydroxylation is 2. The van der Waals surface area contributed by atoms with Crippen LogP contribution in [0.3, 0.4) is 0 Å². The number of hydrogen-bond donors (Lipinski definition) is 2. The highest BCUT2D eigenvalue weighted by atomic mass is 16.6. The minimum atomic E-state index is -0.541. The largest absolute Gasteiger partial charge is 0.329 e. The lowest BCUT2D eigenvalue weighted by atomic mass is 10.1. The van der Waals surface area contributed by atoms with E-state index < -0.39 is 16.2 Å². The fourth-order valence-corrected chi connectivity index (χ4v) is 3.81. The smallest absolute Gasteiger partial charge is 0.303 e. The molecule has 2 aromatic heterocycles. The van der Waals surface area contributed by atoms with E-state index in [2.05, 4.69) is 27.4 Å². The first-order chi connectivity index (χ1) is 16.3. The fraction of sp³-hybridized carbons (Fsp3) is 0.478. The molecule has 0 saturated heterocycles. The van der Waals surface area contributed by atoms with E-state index in [4.69, 9.17) is 0 Å². The summed E-state index contributed by atoms with van der Waals surface area (Å²) in [6, 6.07) is 6.18. The molecule has 0 amide bonds.